The lowest BCUT2D eigenvalue weighted by atomic mass is 9.94. The Morgan fingerprint density at radius 2 is 1.76 bits per heavy atom. The van der Waals surface area contributed by atoms with Crippen LogP contribution in [0.15, 0.2) is 97.2 Å². The van der Waals surface area contributed by atoms with E-state index in [0.29, 0.717) is 29.8 Å². The van der Waals surface area contributed by atoms with Crippen LogP contribution >= 0.6 is 0 Å². The number of fused-ring (bicyclic) bond motifs is 1. The smallest absolute Gasteiger partial charge is 0.259 e. The molecule has 4 aromatic rings. The third-order valence-electron chi connectivity index (χ3n) is 7.07. The molecule has 1 aromatic heterocycles. The van der Waals surface area contributed by atoms with Crippen molar-refractivity contribution < 1.29 is 14.3 Å². The number of hydrogen-bond acceptors (Lipinski definition) is 4. The number of aromatic nitrogens is 2. The lowest BCUT2D eigenvalue weighted by Gasteiger charge is -2.23. The molecule has 5 rings (SSSR count). The van der Waals surface area contributed by atoms with E-state index in [1.54, 1.807) is 19.1 Å². The minimum atomic E-state index is -0.0377. The van der Waals surface area contributed by atoms with Crippen LogP contribution in [-0.4, -0.2) is 61.8 Å². The van der Waals surface area contributed by atoms with E-state index in [2.05, 4.69) is 59.2 Å². The number of benzene rings is 3. The third-order valence-corrected chi connectivity index (χ3v) is 7.07. The van der Waals surface area contributed by atoms with Crippen LogP contribution in [0.4, 0.5) is 5.82 Å². The van der Waals surface area contributed by atoms with Gasteiger partial charge in [-0.3, -0.25) is 9.36 Å². The Bertz CT molecular complexity index is 1510. The van der Waals surface area contributed by atoms with E-state index in [4.69, 9.17) is 9.47 Å². The summed E-state index contributed by atoms with van der Waals surface area (Å²) in [6, 6.07) is 22.6. The molecule has 0 bridgehead atoms. The van der Waals surface area contributed by atoms with E-state index in [1.165, 1.54) is 0 Å². The zero-order valence-electron chi connectivity index (χ0n) is 22.3. The number of ether oxygens (including phenoxy) is 2. The second kappa shape index (κ2) is 10.7. The van der Waals surface area contributed by atoms with Gasteiger partial charge < -0.3 is 14.4 Å². The molecule has 1 unspecified atom stereocenters. The van der Waals surface area contributed by atoms with E-state index >= 15 is 0 Å². The highest BCUT2D eigenvalue weighted by Crippen LogP contribution is 2.40. The molecule has 194 valence electrons. The standard InChI is InChI=1S/C31H33N4O3/c1-33(16-17-37-3)31(36)29-21-35(2,20-28(29)27-11-7-9-24-8-5-6-10-26(24)27)30-18-32-22-34(30)19-23-12-14-25(38-4)15-13-23/h5-15,18,20-22H,16-17,19H2,1-4H3/q+1. The number of imidazole rings is 1. The summed E-state index contributed by atoms with van der Waals surface area (Å²) in [5, 5.41) is 2.25. The van der Waals surface area contributed by atoms with Crippen LogP contribution in [-0.2, 0) is 16.1 Å². The lowest BCUT2D eigenvalue weighted by Crippen LogP contribution is -2.34. The van der Waals surface area contributed by atoms with E-state index in [1.807, 2.05) is 56.1 Å². The number of hydrogen-bond donors (Lipinski definition) is 0. The molecule has 0 aliphatic carbocycles. The van der Waals surface area contributed by atoms with E-state index in [9.17, 15) is 4.79 Å². The van der Waals surface area contributed by atoms with Crippen LogP contribution in [0.25, 0.3) is 16.3 Å². The zero-order valence-corrected chi connectivity index (χ0v) is 22.3. The molecule has 0 radical (unpaired) electrons. The minimum Gasteiger partial charge on any atom is -0.497 e. The molecule has 7 nitrogen and oxygen atoms in total. The summed E-state index contributed by atoms with van der Waals surface area (Å²) >= 11 is 0. The summed E-state index contributed by atoms with van der Waals surface area (Å²) < 4.78 is 13.0. The first kappa shape index (κ1) is 25.4. The maximum atomic E-state index is 13.8. The van der Waals surface area contributed by atoms with E-state index < -0.39 is 0 Å². The Morgan fingerprint density at radius 1 is 1.00 bits per heavy atom. The van der Waals surface area contributed by atoms with Crippen LogP contribution in [0.3, 0.4) is 0 Å². The molecule has 0 N–H and O–H groups in total. The quantitative estimate of drug-likeness (QED) is 0.296. The van der Waals surface area contributed by atoms with Gasteiger partial charge in [-0.2, -0.15) is 0 Å². The van der Waals surface area contributed by atoms with Crippen molar-refractivity contribution in [1.82, 2.24) is 18.9 Å². The third kappa shape index (κ3) is 4.86. The van der Waals surface area contributed by atoms with Gasteiger partial charge in [0.1, 0.15) is 29.9 Å². The van der Waals surface area contributed by atoms with Crippen LogP contribution in [0, 0.1) is 0 Å². The van der Waals surface area contributed by atoms with Crippen molar-refractivity contribution in [3.05, 3.63) is 108 Å². The van der Waals surface area contributed by atoms with Crippen molar-refractivity contribution in [3.63, 3.8) is 0 Å². The van der Waals surface area contributed by atoms with Crippen molar-refractivity contribution in [1.29, 1.82) is 0 Å². The normalized spacial score (nSPS) is 16.8. The first-order valence-corrected chi connectivity index (χ1v) is 12.6. The maximum Gasteiger partial charge on any atom is 0.259 e. The number of methoxy groups -OCH3 is 2. The van der Waals surface area contributed by atoms with Crippen LogP contribution in [0.5, 0.6) is 5.75 Å². The van der Waals surface area contributed by atoms with Gasteiger partial charge in [-0.15, -0.1) is 0 Å². The summed E-state index contributed by atoms with van der Waals surface area (Å²) in [6.07, 6.45) is 7.90. The molecule has 0 fully saturated rings. The zero-order chi connectivity index (χ0) is 26.7. The van der Waals surface area contributed by atoms with Gasteiger partial charge >= 0.3 is 0 Å². The molecule has 1 atom stereocenters. The van der Waals surface area contributed by atoms with Gasteiger partial charge in [-0.25, -0.2) is 9.47 Å². The highest BCUT2D eigenvalue weighted by Gasteiger charge is 2.38. The Labute approximate surface area is 223 Å². The molecule has 3 aromatic carbocycles. The van der Waals surface area contributed by atoms with Gasteiger partial charge in [-0.05, 0) is 34.0 Å². The number of carbonyl (C=O) groups is 1. The van der Waals surface area contributed by atoms with Gasteiger partial charge in [0.15, 0.2) is 0 Å². The number of likely N-dealkylation sites (N-methyl/N-ethyl adjacent to an activating group) is 1. The molecule has 1 aliphatic heterocycles. The van der Waals surface area contributed by atoms with Crippen LogP contribution in [0.2, 0.25) is 0 Å². The van der Waals surface area contributed by atoms with Crippen LogP contribution in [0.1, 0.15) is 11.1 Å². The highest BCUT2D eigenvalue weighted by molar-refractivity contribution is 6.13. The molecule has 1 aliphatic rings. The monoisotopic (exact) mass is 509 g/mol. The molecular formula is C31H33N4O3+. The summed E-state index contributed by atoms with van der Waals surface area (Å²) in [4.78, 5) is 20.0. The number of quaternary nitrogens is 1. The van der Waals surface area contributed by atoms with E-state index in [0.717, 1.165) is 39.0 Å². The second-order valence-corrected chi connectivity index (χ2v) is 9.71. The number of nitrogens with zero attached hydrogens (tertiary/aromatic N) is 4. The summed E-state index contributed by atoms with van der Waals surface area (Å²) in [7, 11) is 7.22. The predicted molar refractivity (Wildman–Crippen MR) is 152 cm³/mol. The number of carbonyl (C=O) groups excluding carboxylic acids is 1. The van der Waals surface area contributed by atoms with Crippen molar-refractivity contribution in [3.8, 4) is 5.75 Å². The van der Waals surface area contributed by atoms with E-state index in [-0.39, 0.29) is 5.91 Å². The Kier molecular flexibility index (Phi) is 7.13. The Balaban J connectivity index is 1.59. The summed E-state index contributed by atoms with van der Waals surface area (Å²) in [5.74, 6) is 1.75. The van der Waals surface area contributed by atoms with Gasteiger partial charge in [-0.1, -0.05) is 54.6 Å². The number of rotatable bonds is 9. The SMILES string of the molecule is COCCN(C)C(=O)C1=C[N+](C)(c2cncn2Cc2ccc(OC)cc2)C=C1c1cccc2ccccc12. The molecule has 7 heteroatoms. The molecule has 0 spiro atoms. The molecule has 1 amide bonds. The van der Waals surface area contributed by atoms with Crippen molar-refractivity contribution in [2.75, 3.05) is 41.5 Å². The first-order valence-electron chi connectivity index (χ1n) is 12.6. The Morgan fingerprint density at radius 3 is 2.53 bits per heavy atom. The molecule has 2 heterocycles. The summed E-state index contributed by atoms with van der Waals surface area (Å²) in [6.45, 7) is 1.63. The molecule has 0 saturated heterocycles. The minimum absolute atomic E-state index is 0.0377. The fraction of sp³-hybridized carbons (Fsp3) is 0.226. The Hall–Kier alpha value is -4.20. The van der Waals surface area contributed by atoms with Crippen molar-refractivity contribution in [2.24, 2.45) is 0 Å². The van der Waals surface area contributed by atoms with Gasteiger partial charge in [0.25, 0.3) is 5.91 Å². The molecular weight excluding hydrogens is 476 g/mol. The fourth-order valence-electron chi connectivity index (χ4n) is 4.99. The predicted octanol–water partition coefficient (Wildman–Crippen LogP) is 5.07. The topological polar surface area (TPSA) is 56.6 Å². The van der Waals surface area contributed by atoms with Crippen molar-refractivity contribution >= 4 is 28.1 Å². The van der Waals surface area contributed by atoms with Gasteiger partial charge in [0, 0.05) is 20.7 Å². The average molecular weight is 510 g/mol. The molecule has 38 heavy (non-hydrogen) atoms. The first-order chi connectivity index (χ1) is 18.4. The van der Waals surface area contributed by atoms with Gasteiger partial charge in [0.05, 0.1) is 39.2 Å². The summed E-state index contributed by atoms with van der Waals surface area (Å²) in [5.41, 5.74) is 3.75. The number of amides is 1. The average Bonchev–Trinajstić information content (AvgIpc) is 3.56. The molecule has 0 saturated carbocycles. The highest BCUT2D eigenvalue weighted by atomic mass is 16.5. The fourth-order valence-corrected chi connectivity index (χ4v) is 4.99. The van der Waals surface area contributed by atoms with Crippen molar-refractivity contribution in [2.45, 2.75) is 6.54 Å². The maximum absolute atomic E-state index is 13.8. The van der Waals surface area contributed by atoms with Gasteiger partial charge in [0.2, 0.25) is 5.82 Å². The largest absolute Gasteiger partial charge is 0.497 e. The second-order valence-electron chi connectivity index (χ2n) is 9.71. The lowest BCUT2D eigenvalue weighted by molar-refractivity contribution is -0.126. The van der Waals surface area contributed by atoms with Crippen LogP contribution < -0.4 is 9.22 Å².